The molecule has 0 fully saturated rings. The van der Waals surface area contributed by atoms with E-state index in [9.17, 15) is 4.79 Å². The summed E-state index contributed by atoms with van der Waals surface area (Å²) < 4.78 is 0. The Morgan fingerprint density at radius 1 is 1.45 bits per heavy atom. The van der Waals surface area contributed by atoms with Gasteiger partial charge in [-0.1, -0.05) is 0 Å². The molecule has 6 heteroatoms. The Labute approximate surface area is 121 Å². The van der Waals surface area contributed by atoms with E-state index < -0.39 is 0 Å². The van der Waals surface area contributed by atoms with Crippen LogP contribution in [0, 0.1) is 0 Å². The molecule has 0 saturated heterocycles. The van der Waals surface area contributed by atoms with Gasteiger partial charge in [-0.2, -0.15) is 5.10 Å². The van der Waals surface area contributed by atoms with Gasteiger partial charge in [0.15, 0.2) is 0 Å². The van der Waals surface area contributed by atoms with Gasteiger partial charge in [-0.15, -0.1) is 11.3 Å². The monoisotopic (exact) mass is 290 g/mol. The second-order valence-corrected chi connectivity index (χ2v) is 5.92. The summed E-state index contributed by atoms with van der Waals surface area (Å²) in [6.45, 7) is 1.40. The minimum atomic E-state index is -0.107. The quantitative estimate of drug-likeness (QED) is 0.736. The van der Waals surface area contributed by atoms with Gasteiger partial charge in [-0.3, -0.25) is 9.89 Å². The molecule has 2 heterocycles. The van der Waals surface area contributed by atoms with E-state index in [1.807, 2.05) is 11.3 Å². The fourth-order valence-corrected chi connectivity index (χ4v) is 3.59. The zero-order chi connectivity index (χ0) is 13.8. The maximum absolute atomic E-state index is 11.7. The summed E-state index contributed by atoms with van der Waals surface area (Å²) in [4.78, 5) is 13.2. The van der Waals surface area contributed by atoms with Gasteiger partial charge in [-0.25, -0.2) is 0 Å². The van der Waals surface area contributed by atoms with Gasteiger partial charge in [0.25, 0.3) is 5.91 Å². The van der Waals surface area contributed by atoms with E-state index in [0.29, 0.717) is 18.3 Å². The normalized spacial score (nSPS) is 17.7. The number of fused-ring (bicyclic) bond motifs is 1. The standard InChI is InChI=1S/C14H18N4OS/c19-14(12-4-6-17-18-12)16-8-7-15-11-2-1-3-13-10(11)5-9-20-13/h4-6,9,11,15H,1-3,7-8H2,(H,16,19)(H,17,18)/t11-/m0/s1. The third-order valence-electron chi connectivity index (χ3n) is 3.60. The Hall–Kier alpha value is -1.66. The molecule has 1 aliphatic carbocycles. The molecule has 0 bridgehead atoms. The fraction of sp³-hybridized carbons (Fsp3) is 0.429. The van der Waals surface area contributed by atoms with Crippen molar-refractivity contribution in [3.63, 3.8) is 0 Å². The summed E-state index contributed by atoms with van der Waals surface area (Å²) >= 11 is 1.85. The number of rotatable bonds is 5. The summed E-state index contributed by atoms with van der Waals surface area (Å²) in [6.07, 6.45) is 5.21. The van der Waals surface area contributed by atoms with Crippen molar-refractivity contribution in [2.24, 2.45) is 0 Å². The van der Waals surface area contributed by atoms with Crippen LogP contribution >= 0.6 is 11.3 Å². The molecule has 0 aliphatic heterocycles. The van der Waals surface area contributed by atoms with E-state index in [2.05, 4.69) is 32.3 Å². The number of aromatic amines is 1. The molecule has 1 atom stereocenters. The number of thiophene rings is 1. The van der Waals surface area contributed by atoms with Crippen molar-refractivity contribution in [3.05, 3.63) is 39.8 Å². The van der Waals surface area contributed by atoms with Gasteiger partial charge < -0.3 is 10.6 Å². The van der Waals surface area contributed by atoms with Crippen LogP contribution in [0.1, 0.15) is 39.8 Å². The van der Waals surface area contributed by atoms with Crippen LogP contribution < -0.4 is 10.6 Å². The molecule has 0 radical (unpaired) electrons. The van der Waals surface area contributed by atoms with Crippen molar-refractivity contribution in [2.75, 3.05) is 13.1 Å². The summed E-state index contributed by atoms with van der Waals surface area (Å²) in [5.74, 6) is -0.107. The Balaban J connectivity index is 1.44. The van der Waals surface area contributed by atoms with Gasteiger partial charge in [-0.05, 0) is 42.3 Å². The molecule has 0 unspecified atom stereocenters. The van der Waals surface area contributed by atoms with E-state index in [1.54, 1.807) is 12.3 Å². The van der Waals surface area contributed by atoms with Gasteiger partial charge in [0.1, 0.15) is 5.69 Å². The zero-order valence-electron chi connectivity index (χ0n) is 11.2. The van der Waals surface area contributed by atoms with E-state index in [0.717, 1.165) is 6.54 Å². The van der Waals surface area contributed by atoms with Crippen LogP contribution in [0.4, 0.5) is 0 Å². The molecular weight excluding hydrogens is 272 g/mol. The molecule has 5 nitrogen and oxygen atoms in total. The number of aromatic nitrogens is 2. The van der Waals surface area contributed by atoms with Crippen molar-refractivity contribution in [3.8, 4) is 0 Å². The number of H-pyrrole nitrogens is 1. The number of hydrogen-bond donors (Lipinski definition) is 3. The Bertz CT molecular complexity index is 564. The second kappa shape index (κ2) is 6.19. The van der Waals surface area contributed by atoms with Crippen LogP contribution in [-0.4, -0.2) is 29.2 Å². The third-order valence-corrected chi connectivity index (χ3v) is 4.60. The molecule has 0 aromatic carbocycles. The lowest BCUT2D eigenvalue weighted by molar-refractivity contribution is 0.0948. The highest BCUT2D eigenvalue weighted by Gasteiger charge is 2.20. The molecule has 106 valence electrons. The summed E-state index contributed by atoms with van der Waals surface area (Å²) in [7, 11) is 0. The van der Waals surface area contributed by atoms with Crippen LogP contribution in [0.2, 0.25) is 0 Å². The third kappa shape index (κ3) is 2.91. The number of hydrogen-bond acceptors (Lipinski definition) is 4. The summed E-state index contributed by atoms with van der Waals surface area (Å²) in [5.41, 5.74) is 1.95. The van der Waals surface area contributed by atoms with Crippen LogP contribution in [0.5, 0.6) is 0 Å². The first kappa shape index (κ1) is 13.3. The first-order valence-electron chi connectivity index (χ1n) is 6.92. The minimum Gasteiger partial charge on any atom is -0.349 e. The molecule has 0 spiro atoms. The lowest BCUT2D eigenvalue weighted by Gasteiger charge is -2.23. The predicted octanol–water partition coefficient (Wildman–Crippen LogP) is 1.87. The summed E-state index contributed by atoms with van der Waals surface area (Å²) in [5, 5.41) is 15.0. The average Bonchev–Trinajstić information content (AvgIpc) is 3.13. The number of carbonyl (C=O) groups is 1. The molecule has 2 aromatic heterocycles. The van der Waals surface area contributed by atoms with E-state index in [-0.39, 0.29) is 5.91 Å². The van der Waals surface area contributed by atoms with Gasteiger partial charge in [0.2, 0.25) is 0 Å². The summed E-state index contributed by atoms with van der Waals surface area (Å²) in [6, 6.07) is 4.33. The van der Waals surface area contributed by atoms with Crippen molar-refractivity contribution in [1.82, 2.24) is 20.8 Å². The highest BCUT2D eigenvalue weighted by atomic mass is 32.1. The first-order valence-corrected chi connectivity index (χ1v) is 7.80. The molecule has 3 rings (SSSR count). The zero-order valence-corrected chi connectivity index (χ0v) is 12.0. The Morgan fingerprint density at radius 3 is 3.25 bits per heavy atom. The molecule has 20 heavy (non-hydrogen) atoms. The van der Waals surface area contributed by atoms with Crippen molar-refractivity contribution >= 4 is 17.2 Å². The maximum atomic E-state index is 11.7. The van der Waals surface area contributed by atoms with Crippen LogP contribution in [-0.2, 0) is 6.42 Å². The number of amides is 1. The van der Waals surface area contributed by atoms with Crippen molar-refractivity contribution < 1.29 is 4.79 Å². The second-order valence-electron chi connectivity index (χ2n) is 4.92. The van der Waals surface area contributed by atoms with Crippen LogP contribution in [0.25, 0.3) is 0 Å². The molecule has 2 aromatic rings. The number of carbonyl (C=O) groups excluding carboxylic acids is 1. The highest BCUT2D eigenvalue weighted by Crippen LogP contribution is 2.32. The van der Waals surface area contributed by atoms with E-state index in [1.165, 1.54) is 29.7 Å². The van der Waals surface area contributed by atoms with Crippen molar-refractivity contribution in [2.45, 2.75) is 25.3 Å². The molecule has 0 saturated carbocycles. The fourth-order valence-electron chi connectivity index (χ4n) is 2.60. The van der Waals surface area contributed by atoms with Crippen LogP contribution in [0.3, 0.4) is 0 Å². The molecule has 1 aliphatic rings. The minimum absolute atomic E-state index is 0.107. The average molecular weight is 290 g/mol. The van der Waals surface area contributed by atoms with Gasteiger partial charge >= 0.3 is 0 Å². The highest BCUT2D eigenvalue weighted by molar-refractivity contribution is 7.10. The van der Waals surface area contributed by atoms with Gasteiger partial charge in [0.05, 0.1) is 0 Å². The maximum Gasteiger partial charge on any atom is 0.269 e. The van der Waals surface area contributed by atoms with Gasteiger partial charge in [0, 0.05) is 30.2 Å². The SMILES string of the molecule is O=C(NCCN[C@H]1CCCc2sccc21)c1ccn[nH]1. The Kier molecular flexibility index (Phi) is 4.13. The van der Waals surface area contributed by atoms with Crippen molar-refractivity contribution in [1.29, 1.82) is 0 Å². The number of nitrogens with zero attached hydrogens (tertiary/aromatic N) is 1. The number of nitrogens with one attached hydrogen (secondary N) is 3. The van der Waals surface area contributed by atoms with E-state index >= 15 is 0 Å². The largest absolute Gasteiger partial charge is 0.349 e. The molecule has 1 amide bonds. The lowest BCUT2D eigenvalue weighted by atomic mass is 9.94. The Morgan fingerprint density at radius 2 is 2.40 bits per heavy atom. The first-order chi connectivity index (χ1) is 9.84. The lowest BCUT2D eigenvalue weighted by Crippen LogP contribution is -2.34. The topological polar surface area (TPSA) is 69.8 Å². The molecule has 3 N–H and O–H groups in total. The smallest absolute Gasteiger partial charge is 0.269 e. The molecular formula is C14H18N4OS. The predicted molar refractivity (Wildman–Crippen MR) is 78.9 cm³/mol. The van der Waals surface area contributed by atoms with Crippen LogP contribution in [0.15, 0.2) is 23.7 Å². The number of aryl methyl sites for hydroxylation is 1. The van der Waals surface area contributed by atoms with E-state index in [4.69, 9.17) is 0 Å².